The van der Waals surface area contributed by atoms with Crippen molar-refractivity contribution in [2.24, 2.45) is 0 Å². The van der Waals surface area contributed by atoms with E-state index in [-0.39, 0.29) is 6.10 Å². The molecule has 2 nitrogen and oxygen atoms in total. The van der Waals surface area contributed by atoms with Gasteiger partial charge in [0.15, 0.2) is 0 Å². The van der Waals surface area contributed by atoms with Gasteiger partial charge in [-0.05, 0) is 0 Å². The Morgan fingerprint density at radius 2 is 1.88 bits per heavy atom. The Kier molecular flexibility index (Phi) is 2.64. The first-order valence-electron chi connectivity index (χ1n) is 5.29. The second kappa shape index (κ2) is 4.28. The van der Waals surface area contributed by atoms with Crippen LogP contribution in [-0.2, 0) is 0 Å². The molecule has 1 aliphatic rings. The van der Waals surface area contributed by atoms with E-state index < -0.39 is 0 Å². The first-order chi connectivity index (χ1) is 7.93. The molecule has 16 heavy (non-hydrogen) atoms. The summed E-state index contributed by atoms with van der Waals surface area (Å²) in [5, 5.41) is 1.11. The minimum atomic E-state index is 0.209. The number of fused-ring (bicyclic) bond motifs is 1. The molecule has 1 aromatic heterocycles. The van der Waals surface area contributed by atoms with E-state index in [4.69, 9.17) is 4.84 Å². The van der Waals surface area contributed by atoms with Gasteiger partial charge in [-0.2, -0.15) is 0 Å². The summed E-state index contributed by atoms with van der Waals surface area (Å²) >= 11 is 0.500. The summed E-state index contributed by atoms with van der Waals surface area (Å²) in [4.78, 5) is 5.95. The van der Waals surface area contributed by atoms with Crippen LogP contribution in [0.15, 0.2) is 54.7 Å². The number of pyridine rings is 1. The number of rotatable bonds is 1. The van der Waals surface area contributed by atoms with Crippen molar-refractivity contribution in [3.8, 4) is 0 Å². The zero-order valence-corrected chi connectivity index (χ0v) is 10.5. The number of aromatic nitrogens is 1. The van der Waals surface area contributed by atoms with Gasteiger partial charge in [0, 0.05) is 0 Å². The predicted molar refractivity (Wildman–Crippen MR) is 62.6 cm³/mol. The van der Waals surface area contributed by atoms with Crippen molar-refractivity contribution in [1.29, 1.82) is 0 Å². The van der Waals surface area contributed by atoms with Crippen LogP contribution in [0.3, 0.4) is 0 Å². The van der Waals surface area contributed by atoms with Crippen LogP contribution in [0, 0.1) is 0 Å². The van der Waals surface area contributed by atoms with Crippen molar-refractivity contribution >= 4 is 19.5 Å². The molecule has 0 amide bonds. The quantitative estimate of drug-likeness (QED) is 0.558. The second-order valence-electron chi connectivity index (χ2n) is 3.68. The third-order valence-corrected chi connectivity index (χ3v) is 4.85. The molecule has 1 atom stereocenters. The van der Waals surface area contributed by atoms with Crippen LogP contribution < -0.4 is 14.2 Å². The van der Waals surface area contributed by atoms with Crippen LogP contribution >= 0.6 is 0 Å². The Hall–Kier alpha value is -1.31. The fraction of sp³-hybridized carbons (Fsp3) is 0.154. The second-order valence-corrected chi connectivity index (χ2v) is 5.86. The molecule has 0 saturated heterocycles. The Morgan fingerprint density at radius 3 is 2.75 bits per heavy atom. The molecule has 0 aliphatic carbocycles. The molecule has 80 valence electrons. The summed E-state index contributed by atoms with van der Waals surface area (Å²) in [6.45, 7) is 0. The molecular weight excluding hydrogens is 265 g/mol. The summed E-state index contributed by atoms with van der Waals surface area (Å²) in [6, 6.07) is 16.7. The molecule has 2 aromatic rings. The van der Waals surface area contributed by atoms with Gasteiger partial charge in [-0.1, -0.05) is 0 Å². The van der Waals surface area contributed by atoms with Crippen molar-refractivity contribution in [3.63, 3.8) is 0 Å². The molecule has 3 heteroatoms. The van der Waals surface area contributed by atoms with Gasteiger partial charge in [0.05, 0.1) is 0 Å². The normalized spacial score (nSPS) is 18.6. The van der Waals surface area contributed by atoms with Crippen LogP contribution in [0.5, 0.6) is 0 Å². The van der Waals surface area contributed by atoms with Gasteiger partial charge in [-0.15, -0.1) is 0 Å². The van der Waals surface area contributed by atoms with Crippen molar-refractivity contribution in [1.82, 2.24) is 0 Å². The fourth-order valence-electron chi connectivity index (χ4n) is 1.76. The van der Waals surface area contributed by atoms with Gasteiger partial charge < -0.3 is 0 Å². The van der Waals surface area contributed by atoms with Crippen LogP contribution in [0.2, 0.25) is 5.32 Å². The molecule has 2 heterocycles. The molecule has 0 bridgehead atoms. The van der Waals surface area contributed by atoms with Crippen molar-refractivity contribution in [2.45, 2.75) is 11.4 Å². The summed E-state index contributed by atoms with van der Waals surface area (Å²) in [5.74, 6) is 0. The average Bonchev–Trinajstić information content (AvgIpc) is 2.39. The van der Waals surface area contributed by atoms with Crippen LogP contribution in [0.4, 0.5) is 0 Å². The van der Waals surface area contributed by atoms with E-state index in [1.165, 1.54) is 10.2 Å². The molecule has 0 fully saturated rings. The van der Waals surface area contributed by atoms with Crippen LogP contribution in [0.25, 0.3) is 0 Å². The molecule has 0 N–H and O–H groups in total. The zero-order valence-electron chi connectivity index (χ0n) is 8.74. The third kappa shape index (κ3) is 1.84. The van der Waals surface area contributed by atoms with E-state index in [1.54, 1.807) is 0 Å². The maximum atomic E-state index is 5.95. The molecule has 0 radical (unpaired) electrons. The zero-order chi connectivity index (χ0) is 10.8. The number of hydrogen-bond donors (Lipinski definition) is 0. The first kappa shape index (κ1) is 9.88. The number of nitrogens with zero attached hydrogens (tertiary/aromatic N) is 1. The van der Waals surface area contributed by atoms with Crippen LogP contribution in [-0.4, -0.2) is 15.0 Å². The van der Waals surface area contributed by atoms with Gasteiger partial charge in [-0.3, -0.25) is 0 Å². The Balaban J connectivity index is 1.89. The van der Waals surface area contributed by atoms with Gasteiger partial charge in [-0.25, -0.2) is 0 Å². The van der Waals surface area contributed by atoms with Crippen molar-refractivity contribution in [2.75, 3.05) is 0 Å². The fourth-order valence-corrected chi connectivity index (χ4v) is 3.82. The van der Waals surface area contributed by atoms with Crippen LogP contribution in [0.1, 0.15) is 11.7 Å². The molecule has 1 unspecified atom stereocenters. The van der Waals surface area contributed by atoms with Gasteiger partial charge in [0.2, 0.25) is 0 Å². The Bertz CT molecular complexity index is 486. The minimum absolute atomic E-state index is 0.209. The van der Waals surface area contributed by atoms with E-state index in [0.717, 1.165) is 5.32 Å². The number of benzene rings is 1. The standard InChI is InChI=1S/C13H12NOSe/c1-2-6-11(7-3-1)12-10-16-13-8-4-5-9-14(13)15-12/h1-9,12H,10H2/q+1. The van der Waals surface area contributed by atoms with E-state index in [9.17, 15) is 0 Å². The maximum absolute atomic E-state index is 5.95. The van der Waals surface area contributed by atoms with Crippen molar-refractivity contribution in [3.05, 3.63) is 60.3 Å². The molecule has 1 aliphatic heterocycles. The SMILES string of the molecule is c1ccc(C2C[Se]c3cccc[n+]3O2)cc1. The predicted octanol–water partition coefficient (Wildman–Crippen LogP) is 0.905. The van der Waals surface area contributed by atoms with Gasteiger partial charge in [0.25, 0.3) is 0 Å². The molecule has 0 spiro atoms. The first-order valence-corrected chi connectivity index (χ1v) is 7.36. The summed E-state index contributed by atoms with van der Waals surface area (Å²) < 4.78 is 3.23. The third-order valence-electron chi connectivity index (χ3n) is 2.58. The Labute approximate surface area is 101 Å². The average molecular weight is 277 g/mol. The summed E-state index contributed by atoms with van der Waals surface area (Å²) in [5.41, 5.74) is 1.27. The molecule has 3 rings (SSSR count). The summed E-state index contributed by atoms with van der Waals surface area (Å²) in [7, 11) is 0. The summed E-state index contributed by atoms with van der Waals surface area (Å²) in [6.07, 6.45) is 2.20. The van der Waals surface area contributed by atoms with E-state index >= 15 is 0 Å². The molecular formula is C13H12NOSe+. The number of hydrogen-bond acceptors (Lipinski definition) is 1. The van der Waals surface area contributed by atoms with E-state index in [2.05, 4.69) is 36.4 Å². The van der Waals surface area contributed by atoms with Gasteiger partial charge >= 0.3 is 101 Å². The monoisotopic (exact) mass is 278 g/mol. The molecule has 1 aromatic carbocycles. The van der Waals surface area contributed by atoms with Gasteiger partial charge in [0.1, 0.15) is 0 Å². The Morgan fingerprint density at radius 1 is 1.06 bits per heavy atom. The van der Waals surface area contributed by atoms with E-state index in [1.807, 2.05) is 23.1 Å². The molecule has 0 saturated carbocycles. The van der Waals surface area contributed by atoms with Crippen molar-refractivity contribution < 1.29 is 9.57 Å². The topological polar surface area (TPSA) is 13.1 Å². The van der Waals surface area contributed by atoms with E-state index in [0.29, 0.717) is 15.0 Å².